The summed E-state index contributed by atoms with van der Waals surface area (Å²) >= 11 is 0. The number of piperazine rings is 1. The predicted octanol–water partition coefficient (Wildman–Crippen LogP) is 5.48. The van der Waals surface area contributed by atoms with Gasteiger partial charge in [0, 0.05) is 63.6 Å². The number of benzene rings is 4. The van der Waals surface area contributed by atoms with Crippen molar-refractivity contribution in [2.75, 3.05) is 37.6 Å². The number of aliphatic hydroxyl groups excluding tert-OH is 1. The van der Waals surface area contributed by atoms with Crippen molar-refractivity contribution in [2.24, 2.45) is 0 Å². The van der Waals surface area contributed by atoms with Crippen LogP contribution in [-0.4, -0.2) is 67.2 Å². The second-order valence-electron chi connectivity index (χ2n) is 12.7. The maximum absolute atomic E-state index is 12.8. The molecule has 7 rings (SSSR count). The van der Waals surface area contributed by atoms with Gasteiger partial charge in [-0.3, -0.25) is 4.90 Å². The molecule has 5 aromatic rings. The second-order valence-corrected chi connectivity index (χ2v) is 14.4. The Morgan fingerprint density at radius 3 is 2.20 bits per heavy atom. The number of anilines is 1. The van der Waals surface area contributed by atoms with Gasteiger partial charge in [0.2, 0.25) is 16.0 Å². The minimum atomic E-state index is -3.63. The molecule has 0 radical (unpaired) electrons. The number of nitrogens with one attached hydrogen (secondary N) is 1. The Bertz CT molecular complexity index is 1960. The van der Waals surface area contributed by atoms with E-state index in [1.54, 1.807) is 42.7 Å². The van der Waals surface area contributed by atoms with E-state index in [-0.39, 0.29) is 30.3 Å². The molecule has 50 heavy (non-hydrogen) atoms. The van der Waals surface area contributed by atoms with Gasteiger partial charge in [-0.15, -0.1) is 0 Å². The number of sulfonamides is 1. The van der Waals surface area contributed by atoms with E-state index in [4.69, 9.17) is 9.47 Å². The molecule has 1 aromatic heterocycles. The molecule has 0 aliphatic carbocycles. The highest BCUT2D eigenvalue weighted by atomic mass is 32.2. The van der Waals surface area contributed by atoms with Gasteiger partial charge in [-0.05, 0) is 58.1 Å². The summed E-state index contributed by atoms with van der Waals surface area (Å²) in [6.45, 7) is 4.39. The fourth-order valence-corrected chi connectivity index (χ4v) is 7.53. The highest BCUT2D eigenvalue weighted by molar-refractivity contribution is 7.89. The van der Waals surface area contributed by atoms with E-state index in [1.165, 1.54) is 0 Å². The van der Waals surface area contributed by atoms with E-state index in [0.717, 1.165) is 72.1 Å². The Balaban J connectivity index is 1.07. The van der Waals surface area contributed by atoms with Crippen LogP contribution in [0.25, 0.3) is 11.1 Å². The molecule has 3 unspecified atom stereocenters. The summed E-state index contributed by atoms with van der Waals surface area (Å²) in [5.41, 5.74) is 5.61. The lowest BCUT2D eigenvalue weighted by Crippen LogP contribution is -2.50. The van der Waals surface area contributed by atoms with Gasteiger partial charge in [0.05, 0.1) is 23.7 Å². The maximum Gasteiger partial charge on any atom is 0.240 e. The van der Waals surface area contributed by atoms with Crippen LogP contribution >= 0.6 is 0 Å². The molecule has 2 fully saturated rings. The van der Waals surface area contributed by atoms with Crippen molar-refractivity contribution in [1.82, 2.24) is 19.6 Å². The summed E-state index contributed by atoms with van der Waals surface area (Å²) in [6.07, 6.45) is 3.42. The summed E-state index contributed by atoms with van der Waals surface area (Å²) in [5, 5.41) is 9.60. The Labute approximate surface area is 293 Å². The largest absolute Gasteiger partial charge is 0.392 e. The lowest BCUT2D eigenvalue weighted by Gasteiger charge is -2.40. The lowest BCUT2D eigenvalue weighted by molar-refractivity contribution is -0.253. The fraction of sp³-hybridized carbons (Fsp3) is 0.282. The van der Waals surface area contributed by atoms with Crippen LogP contribution in [0.4, 0.5) is 5.95 Å². The molecule has 4 aromatic carbocycles. The molecular weight excluding hydrogens is 651 g/mol. The normalized spacial score (nSPS) is 20.1. The zero-order chi connectivity index (χ0) is 34.3. The van der Waals surface area contributed by atoms with Gasteiger partial charge in [-0.2, -0.15) is 0 Å². The molecule has 0 spiro atoms. The average molecular weight is 692 g/mol. The minimum absolute atomic E-state index is 0.00689. The van der Waals surface area contributed by atoms with Gasteiger partial charge in [0.25, 0.3) is 0 Å². The molecule has 0 amide bonds. The molecule has 2 saturated heterocycles. The number of nitrogens with zero attached hydrogens (tertiary/aromatic N) is 4. The smallest absolute Gasteiger partial charge is 0.240 e. The highest BCUT2D eigenvalue weighted by Crippen LogP contribution is 2.39. The molecule has 3 heterocycles. The highest BCUT2D eigenvalue weighted by Gasteiger charge is 2.34. The molecule has 0 bridgehead atoms. The topological polar surface area (TPSA) is 117 Å². The standard InChI is InChI=1S/C39H41N5O5S/c45-28-29-13-15-31(16-14-29)37-25-35(27-43-19-21-44(22-20-43)39-40-17-6-18-41-39)48-38(49-37)34-10-5-9-33(24-34)32-8-4-7-30(23-32)26-42-50(46,47)36-11-2-1-3-12-36/h1-18,23-24,35,37-38,42,45H,19-22,25-28H2. The molecule has 258 valence electrons. The van der Waals surface area contributed by atoms with Crippen LogP contribution in [-0.2, 0) is 32.6 Å². The van der Waals surface area contributed by atoms with Crippen molar-refractivity contribution in [3.63, 3.8) is 0 Å². The van der Waals surface area contributed by atoms with Crippen LogP contribution in [0.5, 0.6) is 0 Å². The van der Waals surface area contributed by atoms with Crippen molar-refractivity contribution < 1.29 is 23.0 Å². The van der Waals surface area contributed by atoms with Gasteiger partial charge in [0.1, 0.15) is 0 Å². The molecule has 3 atom stereocenters. The number of aliphatic hydroxyl groups is 1. The van der Waals surface area contributed by atoms with E-state index in [2.05, 4.69) is 30.6 Å². The number of aromatic nitrogens is 2. The maximum atomic E-state index is 12.8. The summed E-state index contributed by atoms with van der Waals surface area (Å²) in [4.78, 5) is 13.7. The monoisotopic (exact) mass is 691 g/mol. The van der Waals surface area contributed by atoms with Crippen LogP contribution in [0.15, 0.2) is 126 Å². The zero-order valence-corrected chi connectivity index (χ0v) is 28.5. The molecule has 11 heteroatoms. The third-order valence-electron chi connectivity index (χ3n) is 9.22. The molecular formula is C39H41N5O5S. The van der Waals surface area contributed by atoms with Crippen LogP contribution in [0.2, 0.25) is 0 Å². The van der Waals surface area contributed by atoms with Gasteiger partial charge in [-0.1, -0.05) is 78.9 Å². The van der Waals surface area contributed by atoms with Crippen molar-refractivity contribution in [3.8, 4) is 11.1 Å². The van der Waals surface area contributed by atoms with E-state index in [1.807, 2.05) is 72.8 Å². The van der Waals surface area contributed by atoms with E-state index >= 15 is 0 Å². The number of hydrogen-bond donors (Lipinski definition) is 2. The SMILES string of the molecule is O=S(=O)(NCc1cccc(-c2cccc(C3OC(CN4CCN(c5ncccn5)CC4)CC(c4ccc(CO)cc4)O3)c2)c1)c1ccccc1. The molecule has 10 nitrogen and oxygen atoms in total. The first kappa shape index (κ1) is 34.0. The first-order valence-electron chi connectivity index (χ1n) is 16.9. The molecule has 2 aliphatic heterocycles. The number of ether oxygens (including phenoxy) is 2. The zero-order valence-electron chi connectivity index (χ0n) is 27.7. The summed E-state index contributed by atoms with van der Waals surface area (Å²) in [7, 11) is -3.63. The Hall–Kier alpha value is -4.49. The Morgan fingerprint density at radius 1 is 0.740 bits per heavy atom. The van der Waals surface area contributed by atoms with E-state index < -0.39 is 16.3 Å². The first-order valence-corrected chi connectivity index (χ1v) is 18.4. The fourth-order valence-electron chi connectivity index (χ4n) is 6.49. The van der Waals surface area contributed by atoms with Crippen LogP contribution in [0.3, 0.4) is 0 Å². The van der Waals surface area contributed by atoms with Crippen molar-refractivity contribution in [3.05, 3.63) is 144 Å². The second kappa shape index (κ2) is 15.6. The summed E-state index contributed by atoms with van der Waals surface area (Å²) in [5.74, 6) is 0.764. The van der Waals surface area contributed by atoms with Gasteiger partial charge in [-0.25, -0.2) is 23.1 Å². The minimum Gasteiger partial charge on any atom is -0.392 e. The van der Waals surface area contributed by atoms with Crippen LogP contribution < -0.4 is 9.62 Å². The predicted molar refractivity (Wildman–Crippen MR) is 191 cm³/mol. The van der Waals surface area contributed by atoms with Crippen LogP contribution in [0, 0.1) is 0 Å². The van der Waals surface area contributed by atoms with Gasteiger partial charge in [0.15, 0.2) is 6.29 Å². The number of hydrogen-bond acceptors (Lipinski definition) is 9. The summed E-state index contributed by atoms with van der Waals surface area (Å²) in [6, 6.07) is 34.2. The van der Waals surface area contributed by atoms with Crippen molar-refractivity contribution >= 4 is 16.0 Å². The Kier molecular flexibility index (Phi) is 10.6. The lowest BCUT2D eigenvalue weighted by atomic mass is 9.98. The first-order chi connectivity index (χ1) is 24.4. The van der Waals surface area contributed by atoms with Crippen molar-refractivity contribution in [2.45, 2.75) is 43.0 Å². The molecule has 2 aliphatic rings. The molecule has 0 saturated carbocycles. The van der Waals surface area contributed by atoms with Crippen molar-refractivity contribution in [1.29, 1.82) is 0 Å². The van der Waals surface area contributed by atoms with Crippen LogP contribution in [0.1, 0.15) is 41.1 Å². The Morgan fingerprint density at radius 2 is 1.46 bits per heavy atom. The number of rotatable bonds is 11. The third kappa shape index (κ3) is 8.27. The van der Waals surface area contributed by atoms with Gasteiger partial charge >= 0.3 is 0 Å². The average Bonchev–Trinajstić information content (AvgIpc) is 3.18. The van der Waals surface area contributed by atoms with Gasteiger partial charge < -0.3 is 19.5 Å². The molecule has 2 N–H and O–H groups in total. The third-order valence-corrected chi connectivity index (χ3v) is 10.6. The quantitative estimate of drug-likeness (QED) is 0.186. The summed E-state index contributed by atoms with van der Waals surface area (Å²) < 4.78 is 41.7. The van der Waals surface area contributed by atoms with E-state index in [9.17, 15) is 13.5 Å². The van der Waals surface area contributed by atoms with E-state index in [0.29, 0.717) is 6.42 Å².